The predicted octanol–water partition coefficient (Wildman–Crippen LogP) is 0.887. The summed E-state index contributed by atoms with van der Waals surface area (Å²) in [7, 11) is 4.14. The van der Waals surface area contributed by atoms with Gasteiger partial charge < -0.3 is 16.0 Å². The molecule has 1 atom stereocenters. The molecule has 4 heteroatoms. The quantitative estimate of drug-likeness (QED) is 0.510. The Morgan fingerprint density at radius 3 is 2.40 bits per heavy atom. The lowest BCUT2D eigenvalue weighted by Gasteiger charge is -2.24. The average molecular weight is 214 g/mol. The van der Waals surface area contributed by atoms with E-state index in [1.54, 1.807) is 0 Å². The second kappa shape index (κ2) is 7.51. The van der Waals surface area contributed by atoms with Crippen LogP contribution in [-0.2, 0) is 0 Å². The maximum Gasteiger partial charge on any atom is 0.188 e. The molecule has 0 rings (SSSR count). The molecule has 0 aliphatic carbocycles. The largest absolute Gasteiger partial charge is 0.370 e. The minimum absolute atomic E-state index is 0.385. The van der Waals surface area contributed by atoms with Crippen molar-refractivity contribution in [1.82, 2.24) is 10.2 Å². The molecular weight excluding hydrogens is 188 g/mol. The van der Waals surface area contributed by atoms with Crippen LogP contribution in [0.15, 0.2) is 4.99 Å². The van der Waals surface area contributed by atoms with Gasteiger partial charge in [-0.25, -0.2) is 0 Å². The Morgan fingerprint density at radius 1 is 1.40 bits per heavy atom. The Balaban J connectivity index is 4.17. The first kappa shape index (κ1) is 14.2. The lowest BCUT2D eigenvalue weighted by molar-refractivity contribution is 0.327. The normalized spacial score (nSPS) is 14.7. The highest BCUT2D eigenvalue weighted by atomic mass is 15.2. The minimum Gasteiger partial charge on any atom is -0.370 e. The van der Waals surface area contributed by atoms with Crippen LogP contribution in [-0.4, -0.2) is 44.1 Å². The monoisotopic (exact) mass is 214 g/mol. The number of rotatable bonds is 6. The van der Waals surface area contributed by atoms with Gasteiger partial charge in [-0.2, -0.15) is 0 Å². The van der Waals surface area contributed by atoms with Crippen LogP contribution < -0.4 is 11.1 Å². The van der Waals surface area contributed by atoms with Crippen molar-refractivity contribution in [2.24, 2.45) is 16.6 Å². The standard InChI is InChI=1S/C11H26N4/c1-6-13-11(12)14-10(7-9(2)3)8-15(4)5/h9-10H,6-8H2,1-5H3,(H3,12,13,14). The predicted molar refractivity (Wildman–Crippen MR) is 67.1 cm³/mol. The van der Waals surface area contributed by atoms with Gasteiger partial charge in [0.05, 0.1) is 0 Å². The van der Waals surface area contributed by atoms with E-state index in [0.29, 0.717) is 17.9 Å². The van der Waals surface area contributed by atoms with Crippen LogP contribution in [0, 0.1) is 5.92 Å². The first-order valence-electron chi connectivity index (χ1n) is 5.66. The number of likely N-dealkylation sites (N-methyl/N-ethyl adjacent to an activating group) is 1. The van der Waals surface area contributed by atoms with E-state index >= 15 is 0 Å². The van der Waals surface area contributed by atoms with Crippen LogP contribution in [0.4, 0.5) is 0 Å². The van der Waals surface area contributed by atoms with Crippen molar-refractivity contribution in [2.45, 2.75) is 33.2 Å². The number of hydrogen-bond acceptors (Lipinski definition) is 2. The van der Waals surface area contributed by atoms with E-state index < -0.39 is 0 Å². The number of hydrogen-bond donors (Lipinski definition) is 2. The summed E-state index contributed by atoms with van der Waals surface area (Å²) < 4.78 is 0. The zero-order valence-corrected chi connectivity index (χ0v) is 10.7. The van der Waals surface area contributed by atoms with Gasteiger partial charge in [0.25, 0.3) is 0 Å². The molecule has 0 saturated carbocycles. The number of nitrogens with one attached hydrogen (secondary N) is 1. The average Bonchev–Trinajstić information content (AvgIpc) is 2.00. The van der Waals surface area contributed by atoms with Crippen molar-refractivity contribution in [3.8, 4) is 0 Å². The number of aliphatic imine (C=N–C) groups is 1. The Morgan fingerprint density at radius 2 is 2.00 bits per heavy atom. The first-order chi connectivity index (χ1) is 6.95. The molecule has 1 unspecified atom stereocenters. The van der Waals surface area contributed by atoms with Crippen molar-refractivity contribution in [3.05, 3.63) is 0 Å². The topological polar surface area (TPSA) is 53.6 Å². The molecule has 4 nitrogen and oxygen atoms in total. The van der Waals surface area contributed by atoms with Crippen LogP contribution in [0.25, 0.3) is 0 Å². The van der Waals surface area contributed by atoms with Crippen LogP contribution in [0.2, 0.25) is 0 Å². The van der Waals surface area contributed by atoms with Crippen molar-refractivity contribution in [1.29, 1.82) is 0 Å². The summed E-state index contributed by atoms with van der Waals surface area (Å²) in [5, 5.41) is 3.27. The summed E-state index contributed by atoms with van der Waals surface area (Å²) >= 11 is 0. The molecule has 0 heterocycles. The molecule has 0 fully saturated rings. The molecule has 0 aliphatic rings. The third-order valence-corrected chi connectivity index (χ3v) is 2.02. The molecule has 3 N–H and O–H groups in total. The smallest absolute Gasteiger partial charge is 0.188 e. The number of guanidine groups is 1. The van der Waals surface area contributed by atoms with Crippen molar-refractivity contribution in [3.63, 3.8) is 0 Å². The molecule has 0 saturated heterocycles. The van der Waals surface area contributed by atoms with E-state index in [4.69, 9.17) is 5.73 Å². The fourth-order valence-electron chi connectivity index (χ4n) is 1.61. The lowest BCUT2D eigenvalue weighted by Crippen LogP contribution is -2.45. The Bertz CT molecular complexity index is 177. The van der Waals surface area contributed by atoms with Gasteiger partial charge in [0.15, 0.2) is 5.96 Å². The molecule has 0 aromatic rings. The van der Waals surface area contributed by atoms with E-state index in [-0.39, 0.29) is 0 Å². The van der Waals surface area contributed by atoms with E-state index in [2.05, 4.69) is 43.2 Å². The van der Waals surface area contributed by atoms with Crippen LogP contribution in [0.5, 0.6) is 0 Å². The molecular formula is C11H26N4. The second-order valence-corrected chi connectivity index (χ2v) is 4.59. The summed E-state index contributed by atoms with van der Waals surface area (Å²) in [6, 6.07) is 0.385. The van der Waals surface area contributed by atoms with Gasteiger partial charge in [0.2, 0.25) is 0 Å². The van der Waals surface area contributed by atoms with E-state index in [1.165, 1.54) is 0 Å². The van der Waals surface area contributed by atoms with Gasteiger partial charge in [-0.05, 0) is 33.4 Å². The van der Waals surface area contributed by atoms with Crippen molar-refractivity contribution in [2.75, 3.05) is 27.2 Å². The first-order valence-corrected chi connectivity index (χ1v) is 5.66. The van der Waals surface area contributed by atoms with Crippen molar-refractivity contribution < 1.29 is 0 Å². The summed E-state index contributed by atoms with van der Waals surface area (Å²) in [5.41, 5.74) is 5.76. The SMILES string of the molecule is CCN=C(N)NC(CC(C)C)CN(C)C. The third kappa shape index (κ3) is 8.24. The number of nitrogens with two attached hydrogens (primary N) is 1. The fraction of sp³-hybridized carbons (Fsp3) is 0.909. The molecule has 0 aromatic heterocycles. The Labute approximate surface area is 93.9 Å². The summed E-state index contributed by atoms with van der Waals surface area (Å²) in [4.78, 5) is 6.31. The molecule has 0 bridgehead atoms. The minimum atomic E-state index is 0.385. The van der Waals surface area contributed by atoms with E-state index in [0.717, 1.165) is 19.5 Å². The highest BCUT2D eigenvalue weighted by Crippen LogP contribution is 2.05. The zero-order valence-electron chi connectivity index (χ0n) is 10.7. The third-order valence-electron chi connectivity index (χ3n) is 2.02. The van der Waals surface area contributed by atoms with E-state index in [9.17, 15) is 0 Å². The molecule has 0 radical (unpaired) electrons. The highest BCUT2D eigenvalue weighted by Gasteiger charge is 2.12. The maximum absolute atomic E-state index is 5.76. The van der Waals surface area contributed by atoms with Gasteiger partial charge >= 0.3 is 0 Å². The van der Waals surface area contributed by atoms with Crippen LogP contribution in [0.1, 0.15) is 27.2 Å². The fourth-order valence-corrected chi connectivity index (χ4v) is 1.61. The molecule has 0 spiro atoms. The van der Waals surface area contributed by atoms with Gasteiger partial charge in [0.1, 0.15) is 0 Å². The summed E-state index contributed by atoms with van der Waals surface area (Å²) in [6.07, 6.45) is 1.11. The molecule has 0 aromatic carbocycles. The van der Waals surface area contributed by atoms with Gasteiger partial charge in [-0.15, -0.1) is 0 Å². The summed E-state index contributed by atoms with van der Waals surface area (Å²) in [5.74, 6) is 1.22. The van der Waals surface area contributed by atoms with Gasteiger partial charge in [-0.3, -0.25) is 4.99 Å². The Hall–Kier alpha value is -0.770. The van der Waals surface area contributed by atoms with Crippen molar-refractivity contribution >= 4 is 5.96 Å². The molecule has 0 amide bonds. The number of nitrogens with zero attached hydrogens (tertiary/aromatic N) is 2. The molecule has 0 aliphatic heterocycles. The Kier molecular flexibility index (Phi) is 7.13. The summed E-state index contributed by atoms with van der Waals surface area (Å²) in [6.45, 7) is 8.14. The highest BCUT2D eigenvalue weighted by molar-refractivity contribution is 5.78. The van der Waals surface area contributed by atoms with Gasteiger partial charge in [0, 0.05) is 19.1 Å². The molecule has 15 heavy (non-hydrogen) atoms. The van der Waals surface area contributed by atoms with E-state index in [1.807, 2.05) is 6.92 Å². The van der Waals surface area contributed by atoms with Gasteiger partial charge in [-0.1, -0.05) is 13.8 Å². The van der Waals surface area contributed by atoms with Crippen LogP contribution in [0.3, 0.4) is 0 Å². The second-order valence-electron chi connectivity index (χ2n) is 4.59. The maximum atomic E-state index is 5.76. The zero-order chi connectivity index (χ0) is 11.8. The van der Waals surface area contributed by atoms with Crippen LogP contribution >= 0.6 is 0 Å². The molecule has 90 valence electrons. The lowest BCUT2D eigenvalue weighted by atomic mass is 10.0.